The van der Waals surface area contributed by atoms with Gasteiger partial charge in [0.2, 0.25) is 5.91 Å². The Kier molecular flexibility index (Phi) is 17.6. The van der Waals surface area contributed by atoms with Crippen LogP contribution < -0.4 is 5.32 Å². The molecule has 0 radical (unpaired) electrons. The summed E-state index contributed by atoms with van der Waals surface area (Å²) in [5, 5.41) is 2.79. The van der Waals surface area contributed by atoms with Gasteiger partial charge in [-0.2, -0.15) is 11.8 Å². The number of nitrogens with zero attached hydrogens (tertiary/aromatic N) is 4. The van der Waals surface area contributed by atoms with Crippen molar-refractivity contribution in [3.05, 3.63) is 0 Å². The number of esters is 1. The van der Waals surface area contributed by atoms with Crippen LogP contribution in [-0.4, -0.2) is 151 Å². The average molecular weight is 676 g/mol. The molecule has 0 aliphatic carbocycles. The second-order valence-corrected chi connectivity index (χ2v) is 14.3. The number of rotatable bonds is 9. The third kappa shape index (κ3) is 17.1. The van der Waals surface area contributed by atoms with Gasteiger partial charge in [-0.15, -0.1) is 0 Å². The zero-order chi connectivity index (χ0) is 35.1. The van der Waals surface area contributed by atoms with Crippen molar-refractivity contribution in [3.8, 4) is 0 Å². The first-order chi connectivity index (χ1) is 21.3. The number of carbonyl (C=O) groups excluding carboxylic acids is 5. The minimum absolute atomic E-state index is 0.0889. The van der Waals surface area contributed by atoms with Gasteiger partial charge in [-0.3, -0.25) is 9.69 Å². The lowest BCUT2D eigenvalue weighted by Crippen LogP contribution is -2.52. The van der Waals surface area contributed by atoms with Crippen LogP contribution in [0.25, 0.3) is 0 Å². The lowest BCUT2D eigenvalue weighted by molar-refractivity contribution is -0.147. The molecule has 1 saturated heterocycles. The molecule has 4 amide bonds. The van der Waals surface area contributed by atoms with E-state index in [4.69, 9.17) is 18.9 Å². The molecule has 0 spiro atoms. The van der Waals surface area contributed by atoms with Crippen molar-refractivity contribution in [1.29, 1.82) is 0 Å². The number of nitrogens with one attached hydrogen (secondary N) is 1. The van der Waals surface area contributed by atoms with Gasteiger partial charge in [-0.25, -0.2) is 19.2 Å². The summed E-state index contributed by atoms with van der Waals surface area (Å²) < 4.78 is 21.9. The van der Waals surface area contributed by atoms with E-state index in [0.717, 1.165) is 0 Å². The first-order valence-corrected chi connectivity index (χ1v) is 17.3. The lowest BCUT2D eigenvalue weighted by Gasteiger charge is -2.35. The molecule has 266 valence electrons. The predicted octanol–water partition coefficient (Wildman–Crippen LogP) is 3.42. The molecule has 1 heterocycles. The van der Waals surface area contributed by atoms with Crippen LogP contribution >= 0.6 is 11.8 Å². The number of ether oxygens (including phenoxy) is 4. The Morgan fingerprint density at radius 2 is 1.17 bits per heavy atom. The van der Waals surface area contributed by atoms with Crippen LogP contribution in [0.2, 0.25) is 0 Å². The zero-order valence-corrected chi connectivity index (χ0v) is 30.3. The Morgan fingerprint density at radius 1 is 0.739 bits per heavy atom. The maximum Gasteiger partial charge on any atom is 0.410 e. The smallest absolute Gasteiger partial charge is 0.410 e. The second-order valence-electron chi connectivity index (χ2n) is 13.3. The number of carbonyl (C=O) groups is 5. The van der Waals surface area contributed by atoms with Crippen molar-refractivity contribution in [3.63, 3.8) is 0 Å². The van der Waals surface area contributed by atoms with Crippen LogP contribution in [0.15, 0.2) is 0 Å². The minimum atomic E-state index is -0.790. The Labute approximate surface area is 279 Å². The van der Waals surface area contributed by atoms with Crippen LogP contribution in [0.5, 0.6) is 0 Å². The van der Waals surface area contributed by atoms with E-state index in [9.17, 15) is 24.0 Å². The summed E-state index contributed by atoms with van der Waals surface area (Å²) in [5.74, 6) is -0.222. The summed E-state index contributed by atoms with van der Waals surface area (Å²) >= 11 is 1.56. The molecule has 15 heteroatoms. The maximum absolute atomic E-state index is 13.2. The molecule has 46 heavy (non-hydrogen) atoms. The van der Waals surface area contributed by atoms with E-state index in [0.29, 0.717) is 12.2 Å². The Hall–Kier alpha value is -2.94. The fraction of sp³-hybridized carbons (Fsp3) is 0.839. The van der Waals surface area contributed by atoms with E-state index >= 15 is 0 Å². The Balaban J connectivity index is 3.31. The monoisotopic (exact) mass is 675 g/mol. The zero-order valence-electron chi connectivity index (χ0n) is 29.5. The van der Waals surface area contributed by atoms with E-state index in [-0.39, 0.29) is 77.5 Å². The van der Waals surface area contributed by atoms with Crippen molar-refractivity contribution in [2.75, 3.05) is 77.5 Å². The number of hydrogen-bond donors (Lipinski definition) is 1. The molecule has 1 fully saturated rings. The van der Waals surface area contributed by atoms with Crippen molar-refractivity contribution in [1.82, 2.24) is 24.9 Å². The van der Waals surface area contributed by atoms with Crippen LogP contribution in [0, 0.1) is 0 Å². The fourth-order valence-electron chi connectivity index (χ4n) is 4.26. The fourth-order valence-corrected chi connectivity index (χ4v) is 4.73. The minimum Gasteiger partial charge on any atom is -0.464 e. The Morgan fingerprint density at radius 3 is 1.57 bits per heavy atom. The van der Waals surface area contributed by atoms with Crippen LogP contribution in [0.1, 0.15) is 68.7 Å². The van der Waals surface area contributed by atoms with Crippen molar-refractivity contribution in [2.45, 2.75) is 92.1 Å². The van der Waals surface area contributed by atoms with E-state index in [2.05, 4.69) is 5.32 Å². The van der Waals surface area contributed by atoms with Crippen LogP contribution in [0.4, 0.5) is 14.4 Å². The molecule has 0 aromatic heterocycles. The highest BCUT2D eigenvalue weighted by molar-refractivity contribution is 7.98. The molecule has 0 aromatic rings. The van der Waals surface area contributed by atoms with Crippen molar-refractivity contribution < 1.29 is 42.9 Å². The van der Waals surface area contributed by atoms with E-state index < -0.39 is 41.5 Å². The first-order valence-electron chi connectivity index (χ1n) is 15.9. The molecular formula is C31H57N5O9S. The van der Waals surface area contributed by atoms with Gasteiger partial charge in [-0.1, -0.05) is 0 Å². The maximum atomic E-state index is 13.2. The molecule has 1 unspecified atom stereocenters. The standard InChI is InChI=1S/C31H57N5O9S/c1-11-42-26(38)24(12-21-46-10)32-25(37)22-33-13-15-34(27(39)43-23(2)3)17-18-36(29(41)45-31(7,8)9)20-19-35(16-14-33)28(40)44-30(4,5)6/h23-24H,11-22H2,1-10H3,(H,32,37). The van der Waals surface area contributed by atoms with Gasteiger partial charge in [0.25, 0.3) is 0 Å². The summed E-state index contributed by atoms with van der Waals surface area (Å²) in [6.07, 6.45) is 0.305. The third-order valence-electron chi connectivity index (χ3n) is 6.43. The normalized spacial score (nSPS) is 16.5. The molecule has 0 bridgehead atoms. The molecule has 1 atom stereocenters. The third-order valence-corrected chi connectivity index (χ3v) is 7.08. The highest BCUT2D eigenvalue weighted by Crippen LogP contribution is 2.14. The highest BCUT2D eigenvalue weighted by atomic mass is 32.2. The van der Waals surface area contributed by atoms with Crippen LogP contribution in [0.3, 0.4) is 0 Å². The first kappa shape index (κ1) is 41.1. The summed E-state index contributed by atoms with van der Waals surface area (Å²) in [6.45, 7) is 17.3. The number of hydrogen-bond acceptors (Lipinski definition) is 11. The summed E-state index contributed by atoms with van der Waals surface area (Å²) in [7, 11) is 0. The van der Waals surface area contributed by atoms with Gasteiger partial charge in [-0.05, 0) is 80.7 Å². The van der Waals surface area contributed by atoms with Crippen LogP contribution in [-0.2, 0) is 28.5 Å². The molecule has 14 nitrogen and oxygen atoms in total. The molecule has 1 rings (SSSR count). The molecule has 1 aliphatic heterocycles. The molecule has 1 aliphatic rings. The van der Waals surface area contributed by atoms with Gasteiger partial charge < -0.3 is 39.0 Å². The summed E-state index contributed by atoms with van der Waals surface area (Å²) in [6, 6.07) is -0.790. The predicted molar refractivity (Wildman–Crippen MR) is 177 cm³/mol. The number of thioether (sulfide) groups is 1. The average Bonchev–Trinajstić information content (AvgIpc) is 2.90. The largest absolute Gasteiger partial charge is 0.464 e. The quantitative estimate of drug-likeness (QED) is 0.283. The summed E-state index contributed by atoms with van der Waals surface area (Å²) in [5.41, 5.74) is -1.49. The van der Waals surface area contributed by atoms with E-state index in [1.165, 1.54) is 14.7 Å². The van der Waals surface area contributed by atoms with Gasteiger partial charge in [0.1, 0.15) is 17.2 Å². The molecular weight excluding hydrogens is 618 g/mol. The van der Waals surface area contributed by atoms with Crippen molar-refractivity contribution >= 4 is 41.9 Å². The van der Waals surface area contributed by atoms with E-state index in [1.54, 1.807) is 74.1 Å². The summed E-state index contributed by atoms with van der Waals surface area (Å²) in [4.78, 5) is 71.5. The van der Waals surface area contributed by atoms with Gasteiger partial charge in [0, 0.05) is 52.4 Å². The molecule has 1 N–H and O–H groups in total. The number of amides is 4. The lowest BCUT2D eigenvalue weighted by atomic mass is 10.2. The topological polar surface area (TPSA) is 147 Å². The highest BCUT2D eigenvalue weighted by Gasteiger charge is 2.30. The van der Waals surface area contributed by atoms with E-state index in [1.807, 2.05) is 11.2 Å². The molecule has 0 aromatic carbocycles. The van der Waals surface area contributed by atoms with Gasteiger partial charge in [0.15, 0.2) is 0 Å². The SMILES string of the molecule is CCOC(=O)C(CCSC)NC(=O)CN1CCN(C(=O)OC(C)C)CCN(C(=O)OC(C)(C)C)CCN(C(=O)OC(C)(C)C)CC1. The van der Waals surface area contributed by atoms with Gasteiger partial charge in [0.05, 0.1) is 19.3 Å². The Bertz CT molecular complexity index is 1000. The second kappa shape index (κ2) is 19.7. The molecule has 0 saturated carbocycles. The van der Waals surface area contributed by atoms with Gasteiger partial charge >= 0.3 is 24.2 Å². The van der Waals surface area contributed by atoms with Crippen molar-refractivity contribution in [2.24, 2.45) is 0 Å².